The Morgan fingerprint density at radius 2 is 2.44 bits per heavy atom. The lowest BCUT2D eigenvalue weighted by Crippen LogP contribution is -2.33. The van der Waals surface area contributed by atoms with E-state index in [9.17, 15) is 0 Å². The first-order valence-electron chi connectivity index (χ1n) is 5.98. The maximum atomic E-state index is 5.39. The van der Waals surface area contributed by atoms with Crippen molar-refractivity contribution in [3.63, 3.8) is 0 Å². The fourth-order valence-electron chi connectivity index (χ4n) is 1.86. The SMILES string of the molecule is C=CCNCCN(Cc1ccco1)C1CC1. The van der Waals surface area contributed by atoms with Crippen LogP contribution in [0.1, 0.15) is 18.6 Å². The van der Waals surface area contributed by atoms with Gasteiger partial charge in [0, 0.05) is 25.7 Å². The third kappa shape index (κ3) is 3.51. The first kappa shape index (κ1) is 11.4. The van der Waals surface area contributed by atoms with Gasteiger partial charge in [0.15, 0.2) is 0 Å². The molecule has 0 atom stereocenters. The van der Waals surface area contributed by atoms with E-state index in [1.54, 1.807) is 6.26 Å². The second kappa shape index (κ2) is 5.87. The zero-order chi connectivity index (χ0) is 11.2. The molecule has 1 fully saturated rings. The topological polar surface area (TPSA) is 28.4 Å². The van der Waals surface area contributed by atoms with Gasteiger partial charge in [0.2, 0.25) is 0 Å². The van der Waals surface area contributed by atoms with E-state index >= 15 is 0 Å². The van der Waals surface area contributed by atoms with Crippen LogP contribution in [0.15, 0.2) is 35.5 Å². The van der Waals surface area contributed by atoms with Crippen LogP contribution >= 0.6 is 0 Å². The van der Waals surface area contributed by atoms with Crippen LogP contribution in [0.4, 0.5) is 0 Å². The average molecular weight is 220 g/mol. The van der Waals surface area contributed by atoms with Crippen molar-refractivity contribution in [1.29, 1.82) is 0 Å². The van der Waals surface area contributed by atoms with E-state index in [0.29, 0.717) is 0 Å². The van der Waals surface area contributed by atoms with Gasteiger partial charge in [-0.05, 0) is 25.0 Å². The number of hydrogen-bond acceptors (Lipinski definition) is 3. The van der Waals surface area contributed by atoms with E-state index in [0.717, 1.165) is 38.0 Å². The van der Waals surface area contributed by atoms with Gasteiger partial charge in [-0.3, -0.25) is 4.90 Å². The second-order valence-electron chi connectivity index (χ2n) is 4.27. The summed E-state index contributed by atoms with van der Waals surface area (Å²) in [6.07, 6.45) is 6.31. The molecular weight excluding hydrogens is 200 g/mol. The molecule has 0 bridgehead atoms. The standard InChI is InChI=1S/C13H20N2O/c1-2-7-14-8-9-15(12-5-6-12)11-13-4-3-10-16-13/h2-4,10,12,14H,1,5-9,11H2. The molecule has 1 aromatic heterocycles. The molecule has 2 rings (SSSR count). The summed E-state index contributed by atoms with van der Waals surface area (Å²) in [5.41, 5.74) is 0. The van der Waals surface area contributed by atoms with Crippen molar-refractivity contribution < 1.29 is 4.42 Å². The molecule has 3 nitrogen and oxygen atoms in total. The van der Waals surface area contributed by atoms with Crippen LogP contribution in [-0.2, 0) is 6.54 Å². The Morgan fingerprint density at radius 1 is 1.56 bits per heavy atom. The van der Waals surface area contributed by atoms with Crippen LogP contribution in [0.5, 0.6) is 0 Å². The van der Waals surface area contributed by atoms with E-state index in [4.69, 9.17) is 4.42 Å². The molecule has 1 aromatic rings. The van der Waals surface area contributed by atoms with Gasteiger partial charge in [0.25, 0.3) is 0 Å². The Balaban J connectivity index is 1.74. The lowest BCUT2D eigenvalue weighted by atomic mass is 10.3. The Labute approximate surface area is 97.1 Å². The highest BCUT2D eigenvalue weighted by Gasteiger charge is 2.28. The molecule has 1 aliphatic rings. The molecule has 0 unspecified atom stereocenters. The van der Waals surface area contributed by atoms with Gasteiger partial charge < -0.3 is 9.73 Å². The van der Waals surface area contributed by atoms with Gasteiger partial charge in [-0.1, -0.05) is 6.08 Å². The predicted molar refractivity (Wildman–Crippen MR) is 65.2 cm³/mol. The van der Waals surface area contributed by atoms with E-state index in [-0.39, 0.29) is 0 Å². The van der Waals surface area contributed by atoms with Crippen molar-refractivity contribution in [2.24, 2.45) is 0 Å². The van der Waals surface area contributed by atoms with Gasteiger partial charge in [0.05, 0.1) is 12.8 Å². The minimum absolute atomic E-state index is 0.774. The summed E-state index contributed by atoms with van der Waals surface area (Å²) in [7, 11) is 0. The maximum Gasteiger partial charge on any atom is 0.117 e. The Kier molecular flexibility index (Phi) is 4.19. The fourth-order valence-corrected chi connectivity index (χ4v) is 1.86. The molecule has 0 amide bonds. The summed E-state index contributed by atoms with van der Waals surface area (Å²) in [4.78, 5) is 2.49. The van der Waals surface area contributed by atoms with Crippen molar-refractivity contribution in [2.75, 3.05) is 19.6 Å². The second-order valence-corrected chi connectivity index (χ2v) is 4.27. The van der Waals surface area contributed by atoms with Crippen molar-refractivity contribution in [3.8, 4) is 0 Å². The van der Waals surface area contributed by atoms with Crippen LogP contribution < -0.4 is 5.32 Å². The zero-order valence-electron chi connectivity index (χ0n) is 9.69. The highest BCUT2D eigenvalue weighted by molar-refractivity contribution is 4.99. The Morgan fingerprint density at radius 3 is 3.06 bits per heavy atom. The summed E-state index contributed by atoms with van der Waals surface area (Å²) in [5, 5.41) is 3.34. The zero-order valence-corrected chi connectivity index (χ0v) is 9.69. The Bertz CT molecular complexity index is 304. The molecule has 16 heavy (non-hydrogen) atoms. The molecule has 3 heteroatoms. The van der Waals surface area contributed by atoms with Crippen LogP contribution in [-0.4, -0.2) is 30.6 Å². The first-order valence-corrected chi connectivity index (χ1v) is 5.98. The van der Waals surface area contributed by atoms with Crippen LogP contribution in [0.3, 0.4) is 0 Å². The van der Waals surface area contributed by atoms with Crippen molar-refractivity contribution in [2.45, 2.75) is 25.4 Å². The highest BCUT2D eigenvalue weighted by Crippen LogP contribution is 2.27. The molecule has 1 heterocycles. The minimum Gasteiger partial charge on any atom is -0.468 e. The molecule has 1 aliphatic carbocycles. The van der Waals surface area contributed by atoms with Gasteiger partial charge >= 0.3 is 0 Å². The molecule has 88 valence electrons. The molecule has 1 saturated carbocycles. The van der Waals surface area contributed by atoms with Gasteiger partial charge in [0.1, 0.15) is 5.76 Å². The normalized spacial score (nSPS) is 15.6. The third-order valence-corrected chi connectivity index (χ3v) is 2.87. The number of hydrogen-bond donors (Lipinski definition) is 1. The molecule has 0 saturated heterocycles. The lowest BCUT2D eigenvalue weighted by molar-refractivity contribution is 0.235. The Hall–Kier alpha value is -1.06. The van der Waals surface area contributed by atoms with Crippen molar-refractivity contribution in [1.82, 2.24) is 10.2 Å². The number of furan rings is 1. The smallest absolute Gasteiger partial charge is 0.117 e. The van der Waals surface area contributed by atoms with Gasteiger partial charge in [-0.2, -0.15) is 0 Å². The minimum atomic E-state index is 0.774. The maximum absolute atomic E-state index is 5.39. The van der Waals surface area contributed by atoms with Crippen molar-refractivity contribution in [3.05, 3.63) is 36.8 Å². The molecular formula is C13H20N2O. The van der Waals surface area contributed by atoms with Crippen LogP contribution in [0.2, 0.25) is 0 Å². The average Bonchev–Trinajstić information content (AvgIpc) is 3.02. The molecule has 0 aliphatic heterocycles. The monoisotopic (exact) mass is 220 g/mol. The molecule has 0 aromatic carbocycles. The fraction of sp³-hybridized carbons (Fsp3) is 0.538. The molecule has 0 radical (unpaired) electrons. The summed E-state index contributed by atoms with van der Waals surface area (Å²) < 4.78 is 5.39. The van der Waals surface area contributed by atoms with E-state index < -0.39 is 0 Å². The van der Waals surface area contributed by atoms with E-state index in [2.05, 4.69) is 16.8 Å². The quantitative estimate of drug-likeness (QED) is 0.536. The molecule has 1 N–H and O–H groups in total. The van der Waals surface area contributed by atoms with Crippen LogP contribution in [0.25, 0.3) is 0 Å². The van der Waals surface area contributed by atoms with E-state index in [1.807, 2.05) is 18.2 Å². The van der Waals surface area contributed by atoms with Crippen molar-refractivity contribution >= 4 is 0 Å². The highest BCUT2D eigenvalue weighted by atomic mass is 16.3. The summed E-state index contributed by atoms with van der Waals surface area (Å²) >= 11 is 0. The lowest BCUT2D eigenvalue weighted by Gasteiger charge is -2.20. The summed E-state index contributed by atoms with van der Waals surface area (Å²) in [6, 6.07) is 4.78. The third-order valence-electron chi connectivity index (χ3n) is 2.87. The number of nitrogens with zero attached hydrogens (tertiary/aromatic N) is 1. The number of nitrogens with one attached hydrogen (secondary N) is 1. The first-order chi connectivity index (χ1) is 7.90. The molecule has 0 spiro atoms. The van der Waals surface area contributed by atoms with Crippen LogP contribution in [0, 0.1) is 0 Å². The van der Waals surface area contributed by atoms with Gasteiger partial charge in [-0.15, -0.1) is 6.58 Å². The predicted octanol–water partition coefficient (Wildman–Crippen LogP) is 2.02. The summed E-state index contributed by atoms with van der Waals surface area (Å²) in [6.45, 7) is 7.62. The largest absolute Gasteiger partial charge is 0.468 e. The van der Waals surface area contributed by atoms with E-state index in [1.165, 1.54) is 12.8 Å². The summed E-state index contributed by atoms with van der Waals surface area (Å²) in [5.74, 6) is 1.07. The van der Waals surface area contributed by atoms with Gasteiger partial charge in [-0.25, -0.2) is 0 Å². The number of rotatable bonds is 8.